The number of benzene rings is 1. The third-order valence-electron chi connectivity index (χ3n) is 3.15. The molecule has 1 amide bonds. The summed E-state index contributed by atoms with van der Waals surface area (Å²) in [4.78, 5) is 24.3. The Morgan fingerprint density at radius 2 is 2.05 bits per heavy atom. The molecular formula is C15H17NO4. The van der Waals surface area contributed by atoms with Gasteiger partial charge in [-0.25, -0.2) is 4.79 Å². The molecular weight excluding hydrogens is 258 g/mol. The number of hydrogen-bond donors (Lipinski definition) is 1. The molecule has 0 unspecified atom stereocenters. The maximum absolute atomic E-state index is 12.0. The molecule has 5 heteroatoms. The molecule has 0 aromatic heterocycles. The zero-order chi connectivity index (χ0) is 14.5. The van der Waals surface area contributed by atoms with Gasteiger partial charge in [-0.05, 0) is 18.6 Å². The van der Waals surface area contributed by atoms with Crippen LogP contribution in [-0.4, -0.2) is 47.7 Å². The minimum Gasteiger partial charge on any atom is -0.479 e. The van der Waals surface area contributed by atoms with Crippen LogP contribution in [0.4, 0.5) is 0 Å². The van der Waals surface area contributed by atoms with Gasteiger partial charge in [0, 0.05) is 12.6 Å². The summed E-state index contributed by atoms with van der Waals surface area (Å²) in [5.41, 5.74) is 2.10. The van der Waals surface area contributed by atoms with E-state index in [1.165, 1.54) is 11.0 Å². The molecule has 0 bridgehead atoms. The highest BCUT2D eigenvalue weighted by Gasteiger charge is 2.27. The quantitative estimate of drug-likeness (QED) is 0.845. The Balaban J connectivity index is 1.97. The molecule has 1 heterocycles. The molecule has 0 aliphatic carbocycles. The number of hydrogen-bond acceptors (Lipinski definition) is 3. The van der Waals surface area contributed by atoms with E-state index in [1.54, 1.807) is 6.08 Å². The zero-order valence-corrected chi connectivity index (χ0v) is 11.3. The van der Waals surface area contributed by atoms with Crippen molar-refractivity contribution in [2.24, 2.45) is 0 Å². The molecule has 0 saturated carbocycles. The molecule has 1 aromatic rings. The van der Waals surface area contributed by atoms with Crippen LogP contribution in [0, 0.1) is 6.92 Å². The minimum atomic E-state index is -1.04. The lowest BCUT2D eigenvalue weighted by atomic mass is 10.1. The van der Waals surface area contributed by atoms with Crippen LogP contribution >= 0.6 is 0 Å². The predicted octanol–water partition coefficient (Wildman–Crippen LogP) is 1.32. The average Bonchev–Trinajstić information content (AvgIpc) is 2.46. The molecule has 5 nitrogen and oxygen atoms in total. The maximum Gasteiger partial charge on any atom is 0.334 e. The highest BCUT2D eigenvalue weighted by molar-refractivity contribution is 5.92. The Morgan fingerprint density at radius 3 is 2.70 bits per heavy atom. The van der Waals surface area contributed by atoms with Crippen LogP contribution in [0.5, 0.6) is 0 Å². The number of aliphatic carboxylic acids is 1. The number of carbonyl (C=O) groups is 2. The molecule has 1 aliphatic rings. The summed E-state index contributed by atoms with van der Waals surface area (Å²) in [7, 11) is 0. The van der Waals surface area contributed by atoms with E-state index in [4.69, 9.17) is 9.84 Å². The van der Waals surface area contributed by atoms with Gasteiger partial charge in [-0.15, -0.1) is 0 Å². The maximum atomic E-state index is 12.0. The lowest BCUT2D eigenvalue weighted by Gasteiger charge is -2.30. The summed E-state index contributed by atoms with van der Waals surface area (Å²) < 4.78 is 5.08. The van der Waals surface area contributed by atoms with Crippen molar-refractivity contribution >= 4 is 18.0 Å². The van der Waals surface area contributed by atoms with Gasteiger partial charge in [0.2, 0.25) is 5.91 Å². The van der Waals surface area contributed by atoms with Gasteiger partial charge in [-0.1, -0.05) is 29.8 Å². The summed E-state index contributed by atoms with van der Waals surface area (Å²) in [5, 5.41) is 8.89. The molecule has 1 atom stereocenters. The molecule has 1 saturated heterocycles. The van der Waals surface area contributed by atoms with E-state index >= 15 is 0 Å². The first kappa shape index (κ1) is 14.3. The molecule has 1 aliphatic heterocycles. The summed E-state index contributed by atoms with van der Waals surface area (Å²) in [6.45, 7) is 2.76. The molecule has 1 fully saturated rings. The van der Waals surface area contributed by atoms with Crippen LogP contribution in [0.15, 0.2) is 30.3 Å². The van der Waals surface area contributed by atoms with Crippen LogP contribution < -0.4 is 0 Å². The standard InChI is InChI=1S/C15H17NO4/c1-11-2-4-12(5-3-11)6-7-14(17)16-8-9-20-13(10-16)15(18)19/h2-7,13H,8-10H2,1H3,(H,18,19)/b7-6-/t13-/m0/s1. The first-order valence-corrected chi connectivity index (χ1v) is 6.44. The highest BCUT2D eigenvalue weighted by atomic mass is 16.5. The summed E-state index contributed by atoms with van der Waals surface area (Å²) in [5.74, 6) is -1.23. The van der Waals surface area contributed by atoms with Crippen molar-refractivity contribution < 1.29 is 19.4 Å². The van der Waals surface area contributed by atoms with Gasteiger partial charge in [0.1, 0.15) is 0 Å². The predicted molar refractivity (Wildman–Crippen MR) is 74.2 cm³/mol. The van der Waals surface area contributed by atoms with Crippen molar-refractivity contribution in [2.45, 2.75) is 13.0 Å². The number of carbonyl (C=O) groups excluding carboxylic acids is 1. The monoisotopic (exact) mass is 275 g/mol. The van der Waals surface area contributed by atoms with Gasteiger partial charge >= 0.3 is 5.97 Å². The number of amides is 1. The van der Waals surface area contributed by atoms with Crippen LogP contribution in [0.1, 0.15) is 11.1 Å². The first-order valence-electron chi connectivity index (χ1n) is 6.44. The molecule has 20 heavy (non-hydrogen) atoms. The second kappa shape index (κ2) is 6.34. The fraction of sp³-hybridized carbons (Fsp3) is 0.333. The smallest absolute Gasteiger partial charge is 0.334 e. The van der Waals surface area contributed by atoms with Crippen LogP contribution in [0.25, 0.3) is 6.08 Å². The van der Waals surface area contributed by atoms with E-state index in [2.05, 4.69) is 0 Å². The van der Waals surface area contributed by atoms with E-state index in [1.807, 2.05) is 31.2 Å². The normalized spacial score (nSPS) is 19.2. The molecule has 1 aromatic carbocycles. The number of ether oxygens (including phenoxy) is 1. The fourth-order valence-corrected chi connectivity index (χ4v) is 1.95. The van der Waals surface area contributed by atoms with Crippen molar-refractivity contribution in [3.8, 4) is 0 Å². The number of carboxylic acid groups (broad SMARTS) is 1. The molecule has 2 rings (SSSR count). The lowest BCUT2D eigenvalue weighted by Crippen LogP contribution is -2.48. The lowest BCUT2D eigenvalue weighted by molar-refractivity contribution is -0.158. The third kappa shape index (κ3) is 3.68. The largest absolute Gasteiger partial charge is 0.479 e. The topological polar surface area (TPSA) is 66.8 Å². The Bertz CT molecular complexity index is 521. The Kier molecular flexibility index (Phi) is 4.53. The number of nitrogens with zero attached hydrogens (tertiary/aromatic N) is 1. The van der Waals surface area contributed by atoms with Gasteiger partial charge in [0.15, 0.2) is 6.10 Å². The van der Waals surface area contributed by atoms with E-state index in [0.29, 0.717) is 6.54 Å². The molecule has 106 valence electrons. The highest BCUT2D eigenvalue weighted by Crippen LogP contribution is 2.09. The van der Waals surface area contributed by atoms with E-state index < -0.39 is 12.1 Å². The van der Waals surface area contributed by atoms with Gasteiger partial charge in [0.05, 0.1) is 13.2 Å². The minimum absolute atomic E-state index is 0.0897. The zero-order valence-electron chi connectivity index (χ0n) is 11.3. The van der Waals surface area contributed by atoms with Gasteiger partial charge in [-0.2, -0.15) is 0 Å². The number of aryl methyl sites for hydroxylation is 1. The Labute approximate surface area is 117 Å². The van der Waals surface area contributed by atoms with Gasteiger partial charge in [0.25, 0.3) is 0 Å². The van der Waals surface area contributed by atoms with Crippen molar-refractivity contribution in [1.29, 1.82) is 0 Å². The van der Waals surface area contributed by atoms with Crippen LogP contribution in [0.3, 0.4) is 0 Å². The Hall–Kier alpha value is -2.14. The number of morpholine rings is 1. The van der Waals surface area contributed by atoms with Gasteiger partial charge in [-0.3, -0.25) is 4.79 Å². The molecule has 0 radical (unpaired) electrons. The van der Waals surface area contributed by atoms with E-state index in [0.717, 1.165) is 11.1 Å². The fourth-order valence-electron chi connectivity index (χ4n) is 1.95. The SMILES string of the molecule is Cc1ccc(/C=C\C(=O)N2CCO[C@H](C(=O)O)C2)cc1. The van der Waals surface area contributed by atoms with E-state index in [-0.39, 0.29) is 19.1 Å². The Morgan fingerprint density at radius 1 is 1.35 bits per heavy atom. The summed E-state index contributed by atoms with van der Waals surface area (Å²) >= 11 is 0. The average molecular weight is 275 g/mol. The van der Waals surface area contributed by atoms with Gasteiger partial charge < -0.3 is 14.7 Å². The van der Waals surface area contributed by atoms with Crippen molar-refractivity contribution in [2.75, 3.05) is 19.7 Å². The molecule has 1 N–H and O–H groups in total. The van der Waals surface area contributed by atoms with Crippen molar-refractivity contribution in [1.82, 2.24) is 4.90 Å². The summed E-state index contributed by atoms with van der Waals surface area (Å²) in [6.07, 6.45) is 2.27. The second-order valence-electron chi connectivity index (χ2n) is 4.73. The van der Waals surface area contributed by atoms with E-state index in [9.17, 15) is 9.59 Å². The second-order valence-corrected chi connectivity index (χ2v) is 4.73. The van der Waals surface area contributed by atoms with Crippen molar-refractivity contribution in [3.05, 3.63) is 41.5 Å². The summed E-state index contributed by atoms with van der Waals surface area (Å²) in [6, 6.07) is 7.80. The number of carboxylic acids is 1. The first-order chi connectivity index (χ1) is 9.56. The third-order valence-corrected chi connectivity index (χ3v) is 3.15. The number of rotatable bonds is 3. The van der Waals surface area contributed by atoms with Crippen LogP contribution in [-0.2, 0) is 14.3 Å². The molecule has 0 spiro atoms. The van der Waals surface area contributed by atoms with Crippen LogP contribution in [0.2, 0.25) is 0 Å². The van der Waals surface area contributed by atoms with Crippen molar-refractivity contribution in [3.63, 3.8) is 0 Å².